The van der Waals surface area contributed by atoms with Crippen LogP contribution in [0.4, 0.5) is 0 Å². The lowest BCUT2D eigenvalue weighted by Gasteiger charge is -2.38. The number of amides is 1. The number of Topliss-reactive ketones (excluding diaryl/α,β-unsaturated/α-hetero) is 1. The summed E-state index contributed by atoms with van der Waals surface area (Å²) in [6.45, 7) is 12.2. The van der Waals surface area contributed by atoms with Crippen molar-refractivity contribution in [3.63, 3.8) is 0 Å². The monoisotopic (exact) mass is 624 g/mol. The molecule has 4 heterocycles. The number of fused-ring (bicyclic) bond motifs is 3. The zero-order valence-corrected chi connectivity index (χ0v) is 27.5. The zero-order valence-electron chi connectivity index (χ0n) is 26.7. The predicted octanol–water partition coefficient (Wildman–Crippen LogP) is 5.85. The fourth-order valence-corrected chi connectivity index (χ4v) is 9.17. The molecule has 236 valence electrons. The highest BCUT2D eigenvalue weighted by Gasteiger charge is 2.50. The molecular weight excluding hydrogens is 580 g/mol. The number of phenols is 1. The third-order valence-electron chi connectivity index (χ3n) is 10.4. The first-order valence-corrected chi connectivity index (χ1v) is 17.2. The Balaban J connectivity index is 1.08. The first kappa shape index (κ1) is 30.2. The second kappa shape index (κ2) is 11.7. The summed E-state index contributed by atoms with van der Waals surface area (Å²) in [6.07, 6.45) is 2.96. The molecule has 3 unspecified atom stereocenters. The Kier molecular flexibility index (Phi) is 7.87. The van der Waals surface area contributed by atoms with Gasteiger partial charge in [-0.15, -0.1) is 11.3 Å². The van der Waals surface area contributed by atoms with Crippen molar-refractivity contribution in [1.82, 2.24) is 20.5 Å². The van der Waals surface area contributed by atoms with Crippen molar-refractivity contribution in [2.45, 2.75) is 65.0 Å². The number of thiophene rings is 1. The molecule has 3 aliphatic rings. The number of aromatic amines is 1. The second-order valence-electron chi connectivity index (χ2n) is 14.2. The van der Waals surface area contributed by atoms with Crippen LogP contribution in [0.15, 0.2) is 48.5 Å². The summed E-state index contributed by atoms with van der Waals surface area (Å²) in [4.78, 5) is 35.2. The maximum atomic E-state index is 14.0. The van der Waals surface area contributed by atoms with Crippen LogP contribution in [0.25, 0.3) is 21.5 Å². The molecule has 0 radical (unpaired) electrons. The molecule has 2 saturated heterocycles. The Morgan fingerprint density at radius 1 is 1.07 bits per heavy atom. The fraction of sp³-hybridized carbons (Fsp3) is 0.459. The number of rotatable bonds is 10. The molecule has 3 fully saturated rings. The Morgan fingerprint density at radius 2 is 1.84 bits per heavy atom. The number of likely N-dealkylation sites (tertiary alicyclic amines) is 1. The van der Waals surface area contributed by atoms with E-state index in [4.69, 9.17) is 0 Å². The summed E-state index contributed by atoms with van der Waals surface area (Å²) in [6, 6.07) is 16.5. The quantitative estimate of drug-likeness (QED) is 0.177. The van der Waals surface area contributed by atoms with E-state index in [1.54, 1.807) is 23.5 Å². The van der Waals surface area contributed by atoms with Crippen LogP contribution in [0.2, 0.25) is 0 Å². The van der Waals surface area contributed by atoms with E-state index in [0.717, 1.165) is 70.9 Å². The third-order valence-corrected chi connectivity index (χ3v) is 11.8. The van der Waals surface area contributed by atoms with Crippen LogP contribution in [0, 0.1) is 31.6 Å². The predicted molar refractivity (Wildman–Crippen MR) is 181 cm³/mol. The first-order chi connectivity index (χ1) is 21.6. The highest BCUT2D eigenvalue weighted by Crippen LogP contribution is 2.45. The Morgan fingerprint density at radius 3 is 2.51 bits per heavy atom. The number of phenolic OH excluding ortho intramolecular Hbond substituents is 1. The van der Waals surface area contributed by atoms with Crippen LogP contribution in [0.5, 0.6) is 5.75 Å². The molecule has 7 nitrogen and oxygen atoms in total. The number of carbonyl (C=O) groups excluding carboxylic acids is 2. The molecule has 1 amide bonds. The molecule has 1 aliphatic carbocycles. The maximum absolute atomic E-state index is 14.0. The number of benzene rings is 2. The summed E-state index contributed by atoms with van der Waals surface area (Å²) in [7, 11) is 0. The molecule has 2 bridgehead atoms. The number of H-pyrrole nitrogens is 1. The number of aryl methyl sites for hydroxylation is 2. The van der Waals surface area contributed by atoms with E-state index in [2.05, 4.69) is 72.5 Å². The van der Waals surface area contributed by atoms with Crippen molar-refractivity contribution in [3.8, 4) is 17.0 Å². The molecule has 8 heteroatoms. The summed E-state index contributed by atoms with van der Waals surface area (Å²) < 4.78 is 0. The smallest absolute Gasteiger partial charge is 0.225 e. The number of hydrogen-bond donors (Lipinski definition) is 4. The SMILES string of the molecule is Cc1cc(C)cc(-c2[nH]c3sc(C(C)(C)C(=O)C4C5CCC4NC5)cc3c2CCNC(=O)C2CN(Cc3cccc(O)c3)C2)c1. The standard InChI is InChI=1S/C37H44N4O3S/c1-21-12-22(2)14-25(13-21)33-28(10-11-38-35(44)26-19-41(20-26)18-23-6-5-7-27(42)15-23)29-16-31(45-36(29)40-33)37(3,4)34(43)32-24-8-9-30(32)39-17-24/h5-7,12-16,24,26,30,32,39-40,42H,8-11,17-20H2,1-4H3,(H,38,44). The van der Waals surface area contributed by atoms with Gasteiger partial charge in [0, 0.05) is 48.4 Å². The minimum atomic E-state index is -0.553. The lowest BCUT2D eigenvalue weighted by Crippen LogP contribution is -2.53. The average Bonchev–Trinajstić information content (AvgIpc) is 3.75. The van der Waals surface area contributed by atoms with E-state index in [1.165, 1.54) is 16.7 Å². The van der Waals surface area contributed by atoms with E-state index in [1.807, 2.05) is 12.1 Å². The molecule has 2 aliphatic heterocycles. The van der Waals surface area contributed by atoms with Crippen LogP contribution in [0.1, 0.15) is 53.8 Å². The molecule has 2 aromatic heterocycles. The number of aromatic nitrogens is 1. The largest absolute Gasteiger partial charge is 0.508 e. The lowest BCUT2D eigenvalue weighted by atomic mass is 9.76. The molecule has 45 heavy (non-hydrogen) atoms. The number of carbonyl (C=O) groups is 2. The van der Waals surface area contributed by atoms with E-state index in [0.29, 0.717) is 30.7 Å². The molecule has 0 spiro atoms. The van der Waals surface area contributed by atoms with Gasteiger partial charge in [-0.1, -0.05) is 29.3 Å². The van der Waals surface area contributed by atoms with Crippen molar-refractivity contribution in [3.05, 3.63) is 75.7 Å². The van der Waals surface area contributed by atoms with Crippen LogP contribution < -0.4 is 10.6 Å². The molecule has 4 aromatic rings. The van der Waals surface area contributed by atoms with Crippen molar-refractivity contribution >= 4 is 33.2 Å². The summed E-state index contributed by atoms with van der Waals surface area (Å²) in [5.74, 6) is 1.30. The number of aromatic hydroxyl groups is 1. The molecule has 7 rings (SSSR count). The zero-order chi connectivity index (χ0) is 31.5. The highest BCUT2D eigenvalue weighted by atomic mass is 32.1. The van der Waals surface area contributed by atoms with Gasteiger partial charge in [-0.25, -0.2) is 0 Å². The van der Waals surface area contributed by atoms with Gasteiger partial charge < -0.3 is 20.7 Å². The van der Waals surface area contributed by atoms with Gasteiger partial charge in [0.05, 0.1) is 17.0 Å². The number of hydrogen-bond acceptors (Lipinski definition) is 6. The van der Waals surface area contributed by atoms with Gasteiger partial charge in [-0.05, 0) is 106 Å². The van der Waals surface area contributed by atoms with Crippen molar-refractivity contribution in [1.29, 1.82) is 0 Å². The van der Waals surface area contributed by atoms with Crippen LogP contribution >= 0.6 is 11.3 Å². The first-order valence-electron chi connectivity index (χ1n) is 16.4. The minimum absolute atomic E-state index is 0.0209. The molecule has 2 aromatic carbocycles. The van der Waals surface area contributed by atoms with E-state index in [9.17, 15) is 14.7 Å². The fourth-order valence-electron chi connectivity index (χ4n) is 7.97. The normalized spacial score (nSPS) is 21.8. The van der Waals surface area contributed by atoms with Gasteiger partial charge >= 0.3 is 0 Å². The van der Waals surface area contributed by atoms with E-state index < -0.39 is 5.41 Å². The molecular formula is C37H44N4O3S. The van der Waals surface area contributed by atoms with Gasteiger partial charge in [0.2, 0.25) is 5.91 Å². The Labute approximate surface area is 269 Å². The minimum Gasteiger partial charge on any atom is -0.508 e. The highest BCUT2D eigenvalue weighted by molar-refractivity contribution is 7.19. The topological polar surface area (TPSA) is 97.5 Å². The molecule has 4 N–H and O–H groups in total. The molecule has 3 atom stereocenters. The van der Waals surface area contributed by atoms with Gasteiger partial charge in [-0.2, -0.15) is 0 Å². The van der Waals surface area contributed by atoms with Gasteiger partial charge in [-0.3, -0.25) is 14.5 Å². The summed E-state index contributed by atoms with van der Waals surface area (Å²) in [5, 5.41) is 17.7. The van der Waals surface area contributed by atoms with Crippen molar-refractivity contribution in [2.24, 2.45) is 17.8 Å². The van der Waals surface area contributed by atoms with E-state index in [-0.39, 0.29) is 23.5 Å². The van der Waals surface area contributed by atoms with Crippen molar-refractivity contribution in [2.75, 3.05) is 26.2 Å². The third kappa shape index (κ3) is 5.73. The Hall–Kier alpha value is -3.46. The van der Waals surface area contributed by atoms with Gasteiger partial charge in [0.1, 0.15) is 16.4 Å². The Bertz CT molecular complexity index is 1720. The summed E-state index contributed by atoms with van der Waals surface area (Å²) in [5.41, 5.74) is 6.39. The van der Waals surface area contributed by atoms with Crippen LogP contribution in [-0.4, -0.2) is 58.9 Å². The maximum Gasteiger partial charge on any atom is 0.225 e. The number of nitrogens with one attached hydrogen (secondary N) is 3. The number of piperidine rings is 1. The number of ketones is 1. The lowest BCUT2D eigenvalue weighted by molar-refractivity contribution is -0.130. The average molecular weight is 625 g/mol. The van der Waals surface area contributed by atoms with Crippen LogP contribution in [-0.2, 0) is 28.0 Å². The second-order valence-corrected chi connectivity index (χ2v) is 15.2. The van der Waals surface area contributed by atoms with E-state index >= 15 is 0 Å². The molecule has 1 saturated carbocycles. The summed E-state index contributed by atoms with van der Waals surface area (Å²) >= 11 is 1.71. The number of nitrogens with zero attached hydrogens (tertiary/aromatic N) is 1. The van der Waals surface area contributed by atoms with Crippen LogP contribution in [0.3, 0.4) is 0 Å². The van der Waals surface area contributed by atoms with Crippen molar-refractivity contribution < 1.29 is 14.7 Å². The van der Waals surface area contributed by atoms with Gasteiger partial charge in [0.15, 0.2) is 0 Å². The van der Waals surface area contributed by atoms with Gasteiger partial charge in [0.25, 0.3) is 0 Å².